The number of esters is 4. The highest BCUT2D eigenvalue weighted by Gasteiger charge is 2.30. The molecule has 0 saturated heterocycles. The molecule has 0 saturated carbocycles. The Bertz CT molecular complexity index is 1960. The lowest BCUT2D eigenvalue weighted by Gasteiger charge is -2.21. The van der Waals surface area contributed by atoms with E-state index in [1.165, 1.54) is 212 Å². The number of rotatable bonds is 78. The number of unbranched alkanes of at least 4 members (excludes halogenated alkanes) is 43. The van der Waals surface area contributed by atoms with E-state index in [1.54, 1.807) is 0 Å². The predicted molar refractivity (Wildman–Crippen MR) is 409 cm³/mol. The van der Waals surface area contributed by atoms with Gasteiger partial charge in [0.2, 0.25) is 0 Å². The molecule has 0 amide bonds. The minimum atomic E-state index is -4.96. The van der Waals surface area contributed by atoms with Crippen LogP contribution in [0.1, 0.15) is 415 Å². The molecule has 0 aromatic rings. The van der Waals surface area contributed by atoms with Crippen LogP contribution in [0, 0.1) is 23.7 Å². The van der Waals surface area contributed by atoms with E-state index >= 15 is 0 Å². The number of hydrogen-bond donors (Lipinski definition) is 3. The number of carbonyl (C=O) groups excluding carboxylic acids is 4. The van der Waals surface area contributed by atoms with Crippen LogP contribution in [-0.2, 0) is 65.4 Å². The number of carbonyl (C=O) groups is 4. The summed E-state index contributed by atoms with van der Waals surface area (Å²) in [6, 6.07) is 0. The zero-order valence-corrected chi connectivity index (χ0v) is 67.6. The summed E-state index contributed by atoms with van der Waals surface area (Å²) in [5.41, 5.74) is 0. The van der Waals surface area contributed by atoms with Crippen molar-refractivity contribution < 1.29 is 80.2 Å². The fourth-order valence-corrected chi connectivity index (χ4v) is 14.0. The standard InChI is InChI=1S/C81H158O17P2/c1-9-74(8)60-52-44-36-28-24-25-31-39-48-56-64-81(86)97-76(67-91-78(83)61-53-45-37-29-22-18-14-10-12-16-20-26-33-41-49-57-71(2)3)69-95-99(87,88)93-65-75(82)66-94-100(89,90)96-70-77(68-92-79(84)62-54-46-40-32-35-43-51-59-73(6)7)98-80(85)63-55-47-38-30-23-19-15-11-13-17-21-27-34-42-50-58-72(4)5/h71-77,82H,9-70H2,1-8H3,(H,87,88)(H,89,90)/t74?,75?,76-,77-/m1/s1. The van der Waals surface area contributed by atoms with E-state index in [-0.39, 0.29) is 25.7 Å². The first-order chi connectivity index (χ1) is 48.1. The zero-order valence-electron chi connectivity index (χ0n) is 65.8. The number of aliphatic hydroxyl groups is 1. The average molecular weight is 1470 g/mol. The quantitative estimate of drug-likeness (QED) is 0.0222. The second-order valence-electron chi connectivity index (χ2n) is 30.8. The molecule has 0 spiro atoms. The lowest BCUT2D eigenvalue weighted by molar-refractivity contribution is -0.161. The molecule has 4 unspecified atom stereocenters. The van der Waals surface area contributed by atoms with Crippen molar-refractivity contribution in [1.29, 1.82) is 0 Å². The molecule has 0 aliphatic rings. The molecule has 0 rings (SSSR count). The van der Waals surface area contributed by atoms with Gasteiger partial charge in [-0.05, 0) is 49.4 Å². The smallest absolute Gasteiger partial charge is 0.462 e. The topological polar surface area (TPSA) is 237 Å². The van der Waals surface area contributed by atoms with Crippen molar-refractivity contribution in [2.24, 2.45) is 23.7 Å². The van der Waals surface area contributed by atoms with Crippen LogP contribution in [0.3, 0.4) is 0 Å². The SMILES string of the molecule is CCC(C)CCCCCCCCCCCCC(=O)O[C@H](COC(=O)CCCCCCCCCCCCCCCCCC(C)C)COP(=O)(O)OCC(O)COP(=O)(O)OC[C@@H](COC(=O)CCCCCCCCCC(C)C)OC(=O)CCCCCCCCCCCCCCCCCC(C)C. The van der Waals surface area contributed by atoms with Gasteiger partial charge in [0.05, 0.1) is 26.4 Å². The van der Waals surface area contributed by atoms with Crippen LogP contribution in [0.2, 0.25) is 0 Å². The van der Waals surface area contributed by atoms with Gasteiger partial charge >= 0.3 is 39.5 Å². The van der Waals surface area contributed by atoms with Crippen molar-refractivity contribution in [2.45, 2.75) is 433 Å². The van der Waals surface area contributed by atoms with E-state index in [4.69, 9.17) is 37.0 Å². The third-order valence-corrected chi connectivity index (χ3v) is 21.1. The summed E-state index contributed by atoms with van der Waals surface area (Å²) in [4.78, 5) is 73.0. The fraction of sp³-hybridized carbons (Fsp3) is 0.951. The molecule has 100 heavy (non-hydrogen) atoms. The fourth-order valence-electron chi connectivity index (χ4n) is 12.4. The Labute approximate surface area is 613 Å². The Morgan fingerprint density at radius 2 is 0.480 bits per heavy atom. The molecule has 0 aromatic heterocycles. The van der Waals surface area contributed by atoms with Crippen molar-refractivity contribution in [3.63, 3.8) is 0 Å². The van der Waals surface area contributed by atoms with E-state index in [2.05, 4.69) is 55.4 Å². The van der Waals surface area contributed by atoms with Gasteiger partial charge in [-0.3, -0.25) is 37.3 Å². The molecule has 0 aliphatic heterocycles. The Balaban J connectivity index is 5.23. The summed E-state index contributed by atoms with van der Waals surface area (Å²) in [6.45, 7) is 14.3. The Hall–Kier alpha value is -1.94. The molecule has 0 fully saturated rings. The van der Waals surface area contributed by atoms with E-state index in [1.807, 2.05) is 0 Å². The first-order valence-electron chi connectivity index (χ1n) is 41.7. The van der Waals surface area contributed by atoms with E-state index < -0.39 is 97.5 Å². The highest BCUT2D eigenvalue weighted by Crippen LogP contribution is 2.45. The van der Waals surface area contributed by atoms with Gasteiger partial charge < -0.3 is 33.8 Å². The third kappa shape index (κ3) is 73.0. The zero-order chi connectivity index (χ0) is 73.8. The minimum absolute atomic E-state index is 0.106. The van der Waals surface area contributed by atoms with Crippen LogP contribution in [0.25, 0.3) is 0 Å². The molecule has 0 aromatic carbocycles. The van der Waals surface area contributed by atoms with Gasteiger partial charge in [0.15, 0.2) is 12.2 Å². The lowest BCUT2D eigenvalue weighted by atomic mass is 9.99. The van der Waals surface area contributed by atoms with Crippen LogP contribution < -0.4 is 0 Å². The summed E-state index contributed by atoms with van der Waals surface area (Å²) >= 11 is 0. The summed E-state index contributed by atoms with van der Waals surface area (Å²) in [5.74, 6) is 1.00. The van der Waals surface area contributed by atoms with Gasteiger partial charge in [-0.1, -0.05) is 364 Å². The molecule has 3 N–H and O–H groups in total. The van der Waals surface area contributed by atoms with E-state index in [0.29, 0.717) is 31.6 Å². The van der Waals surface area contributed by atoms with E-state index in [0.717, 1.165) is 114 Å². The molecular weight excluding hydrogens is 1310 g/mol. The van der Waals surface area contributed by atoms with Gasteiger partial charge in [0.25, 0.3) is 0 Å². The van der Waals surface area contributed by atoms with Gasteiger partial charge in [0, 0.05) is 25.7 Å². The first kappa shape index (κ1) is 98.1. The molecule has 0 aliphatic carbocycles. The van der Waals surface area contributed by atoms with Crippen molar-refractivity contribution >= 4 is 39.5 Å². The summed E-state index contributed by atoms with van der Waals surface area (Å²) in [7, 11) is -9.92. The summed E-state index contributed by atoms with van der Waals surface area (Å²) < 4.78 is 68.7. The van der Waals surface area contributed by atoms with E-state index in [9.17, 15) is 43.2 Å². The highest BCUT2D eigenvalue weighted by atomic mass is 31.2. The second kappa shape index (κ2) is 70.1. The Morgan fingerprint density at radius 1 is 0.280 bits per heavy atom. The van der Waals surface area contributed by atoms with Crippen LogP contribution >= 0.6 is 15.6 Å². The summed E-state index contributed by atoms with van der Waals surface area (Å²) in [5, 5.41) is 10.6. The maximum absolute atomic E-state index is 13.1. The average Bonchev–Trinajstić information content (AvgIpc) is 0.918. The molecule has 0 radical (unpaired) electrons. The molecule has 6 atom stereocenters. The molecule has 19 heteroatoms. The predicted octanol–water partition coefficient (Wildman–Crippen LogP) is 24.0. The van der Waals surface area contributed by atoms with Crippen LogP contribution in [0.4, 0.5) is 0 Å². The van der Waals surface area contributed by atoms with Crippen molar-refractivity contribution in [3.8, 4) is 0 Å². The van der Waals surface area contributed by atoms with Gasteiger partial charge in [-0.15, -0.1) is 0 Å². The Morgan fingerprint density at radius 3 is 0.710 bits per heavy atom. The van der Waals surface area contributed by atoms with Crippen molar-refractivity contribution in [1.82, 2.24) is 0 Å². The van der Waals surface area contributed by atoms with Crippen LogP contribution in [-0.4, -0.2) is 96.7 Å². The Kier molecular flexibility index (Phi) is 68.7. The summed E-state index contributed by atoms with van der Waals surface area (Å²) in [6.07, 6.45) is 56.9. The number of ether oxygens (including phenoxy) is 4. The molecule has 594 valence electrons. The van der Waals surface area contributed by atoms with Gasteiger partial charge in [-0.25, -0.2) is 9.13 Å². The number of aliphatic hydroxyl groups excluding tert-OH is 1. The lowest BCUT2D eigenvalue weighted by Crippen LogP contribution is -2.30. The number of phosphoric acid groups is 2. The molecular formula is C81H158O17P2. The normalized spacial score (nSPS) is 14.3. The maximum Gasteiger partial charge on any atom is 0.472 e. The largest absolute Gasteiger partial charge is 0.472 e. The monoisotopic (exact) mass is 1470 g/mol. The molecule has 17 nitrogen and oxygen atoms in total. The maximum atomic E-state index is 13.1. The van der Waals surface area contributed by atoms with Crippen molar-refractivity contribution in [3.05, 3.63) is 0 Å². The molecule has 0 bridgehead atoms. The van der Waals surface area contributed by atoms with Crippen LogP contribution in [0.5, 0.6) is 0 Å². The highest BCUT2D eigenvalue weighted by molar-refractivity contribution is 7.47. The number of hydrogen-bond acceptors (Lipinski definition) is 15. The minimum Gasteiger partial charge on any atom is -0.462 e. The van der Waals surface area contributed by atoms with Gasteiger partial charge in [0.1, 0.15) is 19.3 Å². The second-order valence-corrected chi connectivity index (χ2v) is 33.7. The van der Waals surface area contributed by atoms with Crippen LogP contribution in [0.15, 0.2) is 0 Å². The molecule has 0 heterocycles. The first-order valence-corrected chi connectivity index (χ1v) is 44.7. The number of phosphoric ester groups is 2. The van der Waals surface area contributed by atoms with Crippen molar-refractivity contribution in [2.75, 3.05) is 39.6 Å². The van der Waals surface area contributed by atoms with Gasteiger partial charge in [-0.2, -0.15) is 0 Å². The third-order valence-electron chi connectivity index (χ3n) is 19.2.